The van der Waals surface area contributed by atoms with Crippen molar-refractivity contribution >= 4 is 21.8 Å². The third-order valence-corrected chi connectivity index (χ3v) is 3.61. The second-order valence-electron chi connectivity index (χ2n) is 4.50. The van der Waals surface area contributed by atoms with Gasteiger partial charge in [-0.25, -0.2) is 0 Å². The highest BCUT2D eigenvalue weighted by molar-refractivity contribution is 9.10. The van der Waals surface area contributed by atoms with E-state index in [1.54, 1.807) is 17.0 Å². The molecular formula is C14H14BrNO2. The van der Waals surface area contributed by atoms with Gasteiger partial charge in [0.1, 0.15) is 5.75 Å². The number of halogens is 1. The topological polar surface area (TPSA) is 40.5 Å². The van der Waals surface area contributed by atoms with Gasteiger partial charge in [0.05, 0.1) is 11.0 Å². The number of benzene rings is 1. The van der Waals surface area contributed by atoms with Crippen LogP contribution in [0.5, 0.6) is 5.75 Å². The van der Waals surface area contributed by atoms with E-state index in [-0.39, 0.29) is 11.7 Å². The van der Waals surface area contributed by atoms with Gasteiger partial charge >= 0.3 is 0 Å². The number of hydrogen-bond donors (Lipinski definition) is 1. The number of hydrogen-bond acceptors (Lipinski definition) is 2. The van der Waals surface area contributed by atoms with Crippen molar-refractivity contribution in [3.8, 4) is 18.1 Å². The monoisotopic (exact) mass is 307 g/mol. The van der Waals surface area contributed by atoms with Gasteiger partial charge in [0, 0.05) is 12.1 Å². The first kappa shape index (κ1) is 13.0. The Bertz CT molecular complexity index is 503. The summed E-state index contributed by atoms with van der Waals surface area (Å²) in [4.78, 5) is 13.9. The Morgan fingerprint density at radius 1 is 1.56 bits per heavy atom. The molecule has 0 atom stereocenters. The Labute approximate surface area is 115 Å². The van der Waals surface area contributed by atoms with Crippen LogP contribution in [0.25, 0.3) is 0 Å². The molecule has 3 nitrogen and oxygen atoms in total. The van der Waals surface area contributed by atoms with Crippen LogP contribution >= 0.6 is 15.9 Å². The summed E-state index contributed by atoms with van der Waals surface area (Å²) in [6, 6.07) is 4.80. The standard InChI is InChI=1S/C14H14BrNO2/c1-2-7-16(9-10-3-4-10)14(18)11-5-6-12(15)13(17)8-11/h1,5-6,8,10,17H,3-4,7,9H2. The molecule has 1 amide bonds. The number of phenols is 1. The molecule has 1 aromatic rings. The first-order valence-corrected chi connectivity index (χ1v) is 6.62. The summed E-state index contributed by atoms with van der Waals surface area (Å²) in [6.45, 7) is 1.02. The number of amides is 1. The summed E-state index contributed by atoms with van der Waals surface area (Å²) in [6.07, 6.45) is 7.63. The minimum Gasteiger partial charge on any atom is -0.507 e. The van der Waals surface area contributed by atoms with Gasteiger partial charge in [-0.05, 0) is 52.9 Å². The molecule has 0 radical (unpaired) electrons. The molecule has 0 bridgehead atoms. The average molecular weight is 308 g/mol. The number of nitrogens with zero attached hydrogens (tertiary/aromatic N) is 1. The van der Waals surface area contributed by atoms with E-state index in [1.807, 2.05) is 0 Å². The molecule has 0 aromatic heterocycles. The van der Waals surface area contributed by atoms with E-state index in [1.165, 1.54) is 18.9 Å². The fourth-order valence-corrected chi connectivity index (χ4v) is 2.02. The van der Waals surface area contributed by atoms with Crippen LogP contribution in [-0.2, 0) is 0 Å². The van der Waals surface area contributed by atoms with Crippen LogP contribution in [0.2, 0.25) is 0 Å². The Morgan fingerprint density at radius 3 is 2.83 bits per heavy atom. The number of terminal acetylenes is 1. The van der Waals surface area contributed by atoms with Crippen molar-refractivity contribution in [3.63, 3.8) is 0 Å². The van der Waals surface area contributed by atoms with E-state index in [9.17, 15) is 9.90 Å². The van der Waals surface area contributed by atoms with E-state index in [0.717, 1.165) is 0 Å². The van der Waals surface area contributed by atoms with E-state index < -0.39 is 0 Å². The highest BCUT2D eigenvalue weighted by Gasteiger charge is 2.27. The molecule has 0 saturated heterocycles. The van der Waals surface area contributed by atoms with Gasteiger partial charge in [-0.1, -0.05) is 5.92 Å². The molecule has 4 heteroatoms. The second-order valence-corrected chi connectivity index (χ2v) is 5.35. The summed E-state index contributed by atoms with van der Waals surface area (Å²) in [5.74, 6) is 3.04. The van der Waals surface area contributed by atoms with E-state index in [4.69, 9.17) is 6.42 Å². The smallest absolute Gasteiger partial charge is 0.254 e. The molecule has 1 aliphatic rings. The van der Waals surface area contributed by atoms with Crippen LogP contribution in [0.3, 0.4) is 0 Å². The lowest BCUT2D eigenvalue weighted by atomic mass is 10.2. The molecule has 2 rings (SSSR count). The van der Waals surface area contributed by atoms with Crippen LogP contribution in [0.15, 0.2) is 22.7 Å². The highest BCUT2D eigenvalue weighted by Crippen LogP contribution is 2.30. The predicted octanol–water partition coefficient (Wildman–Crippen LogP) is 2.64. The molecule has 0 heterocycles. The average Bonchev–Trinajstić information content (AvgIpc) is 3.15. The zero-order chi connectivity index (χ0) is 13.1. The predicted molar refractivity (Wildman–Crippen MR) is 73.3 cm³/mol. The molecule has 94 valence electrons. The van der Waals surface area contributed by atoms with E-state index >= 15 is 0 Å². The van der Waals surface area contributed by atoms with Crippen molar-refractivity contribution < 1.29 is 9.90 Å². The molecule has 1 aliphatic carbocycles. The minimum atomic E-state index is -0.123. The summed E-state index contributed by atoms with van der Waals surface area (Å²) >= 11 is 3.19. The molecule has 0 aliphatic heterocycles. The van der Waals surface area contributed by atoms with Gasteiger partial charge in [-0.15, -0.1) is 6.42 Å². The first-order chi connectivity index (χ1) is 8.61. The Kier molecular flexibility index (Phi) is 3.93. The second kappa shape index (κ2) is 5.45. The molecular weight excluding hydrogens is 294 g/mol. The van der Waals surface area contributed by atoms with Crippen molar-refractivity contribution in [3.05, 3.63) is 28.2 Å². The molecule has 0 spiro atoms. The van der Waals surface area contributed by atoms with Crippen molar-refractivity contribution in [2.45, 2.75) is 12.8 Å². The van der Waals surface area contributed by atoms with Crippen LogP contribution < -0.4 is 0 Å². The summed E-state index contributed by atoms with van der Waals surface area (Å²) in [5, 5.41) is 9.60. The first-order valence-electron chi connectivity index (χ1n) is 5.83. The molecule has 1 aromatic carbocycles. The highest BCUT2D eigenvalue weighted by atomic mass is 79.9. The van der Waals surface area contributed by atoms with Gasteiger partial charge in [-0.2, -0.15) is 0 Å². The number of rotatable bonds is 4. The maximum atomic E-state index is 12.3. The maximum Gasteiger partial charge on any atom is 0.254 e. The molecule has 1 fully saturated rings. The van der Waals surface area contributed by atoms with Crippen LogP contribution in [-0.4, -0.2) is 29.0 Å². The van der Waals surface area contributed by atoms with Crippen molar-refractivity contribution in [1.82, 2.24) is 4.90 Å². The van der Waals surface area contributed by atoms with E-state index in [2.05, 4.69) is 21.9 Å². The minimum absolute atomic E-state index is 0.0629. The summed E-state index contributed by atoms with van der Waals surface area (Å²) < 4.78 is 0.574. The van der Waals surface area contributed by atoms with Gasteiger partial charge < -0.3 is 10.0 Å². The third-order valence-electron chi connectivity index (χ3n) is 2.94. The molecule has 1 saturated carbocycles. The molecule has 1 N–H and O–H groups in total. The fourth-order valence-electron chi connectivity index (χ4n) is 1.77. The largest absolute Gasteiger partial charge is 0.507 e. The van der Waals surface area contributed by atoms with Gasteiger partial charge in [0.25, 0.3) is 5.91 Å². The third kappa shape index (κ3) is 3.05. The van der Waals surface area contributed by atoms with Crippen molar-refractivity contribution in [1.29, 1.82) is 0 Å². The Balaban J connectivity index is 2.15. The number of carbonyl (C=O) groups is 1. The van der Waals surface area contributed by atoms with Crippen LogP contribution in [0.4, 0.5) is 0 Å². The SMILES string of the molecule is C#CCN(CC1CC1)C(=O)c1ccc(Br)c(O)c1. The molecule has 0 unspecified atom stereocenters. The lowest BCUT2D eigenvalue weighted by Crippen LogP contribution is -2.33. The van der Waals surface area contributed by atoms with Gasteiger partial charge in [0.2, 0.25) is 0 Å². The van der Waals surface area contributed by atoms with Crippen molar-refractivity contribution in [2.24, 2.45) is 5.92 Å². The van der Waals surface area contributed by atoms with E-state index in [0.29, 0.717) is 29.0 Å². The quantitative estimate of drug-likeness (QED) is 0.869. The van der Waals surface area contributed by atoms with Gasteiger partial charge in [-0.3, -0.25) is 4.79 Å². The Morgan fingerprint density at radius 2 is 2.28 bits per heavy atom. The zero-order valence-electron chi connectivity index (χ0n) is 9.90. The van der Waals surface area contributed by atoms with Gasteiger partial charge in [0.15, 0.2) is 0 Å². The summed E-state index contributed by atoms with van der Waals surface area (Å²) in [5.41, 5.74) is 0.464. The number of phenolic OH excluding ortho intramolecular Hbond substituents is 1. The lowest BCUT2D eigenvalue weighted by molar-refractivity contribution is 0.0769. The zero-order valence-corrected chi connectivity index (χ0v) is 11.5. The Hall–Kier alpha value is -1.47. The fraction of sp³-hybridized carbons (Fsp3) is 0.357. The van der Waals surface area contributed by atoms with Crippen molar-refractivity contribution in [2.75, 3.05) is 13.1 Å². The number of aromatic hydroxyl groups is 1. The normalized spacial score (nSPS) is 14.0. The maximum absolute atomic E-state index is 12.3. The summed E-state index contributed by atoms with van der Waals surface area (Å²) in [7, 11) is 0. The van der Waals surface area contributed by atoms with Crippen LogP contribution in [0, 0.1) is 18.3 Å². The number of carbonyl (C=O) groups excluding carboxylic acids is 1. The molecule has 18 heavy (non-hydrogen) atoms. The van der Waals surface area contributed by atoms with Crippen LogP contribution in [0.1, 0.15) is 23.2 Å². The lowest BCUT2D eigenvalue weighted by Gasteiger charge is -2.20.